The molecule has 1 N–H and O–H groups in total. The first-order valence-corrected chi connectivity index (χ1v) is 7.39. The second kappa shape index (κ2) is 5.65. The quantitative estimate of drug-likeness (QED) is 0.828. The molecule has 0 radical (unpaired) electrons. The number of amides is 1. The summed E-state index contributed by atoms with van der Waals surface area (Å²) < 4.78 is 0. The van der Waals surface area contributed by atoms with Crippen molar-refractivity contribution in [1.82, 2.24) is 10.3 Å². The second-order valence-electron chi connectivity index (χ2n) is 4.91. The van der Waals surface area contributed by atoms with Crippen molar-refractivity contribution in [1.29, 1.82) is 0 Å². The molecule has 98 valence electrons. The number of rotatable bonds is 5. The summed E-state index contributed by atoms with van der Waals surface area (Å²) in [5.74, 6) is 0.621. The van der Waals surface area contributed by atoms with Gasteiger partial charge >= 0.3 is 0 Å². The molecule has 1 aromatic rings. The molecule has 3 nitrogen and oxygen atoms in total. The molecular formula is C14H20N2OS. The number of hydrogen-bond donors (Lipinski definition) is 1. The summed E-state index contributed by atoms with van der Waals surface area (Å²) in [4.78, 5) is 16.6. The van der Waals surface area contributed by atoms with E-state index < -0.39 is 0 Å². The van der Waals surface area contributed by atoms with Crippen LogP contribution in [0.1, 0.15) is 49.9 Å². The van der Waals surface area contributed by atoms with E-state index in [1.165, 1.54) is 12.8 Å². The largest absolute Gasteiger partial charge is 0.343 e. The number of carbonyl (C=O) groups is 1. The maximum atomic E-state index is 12.1. The fourth-order valence-corrected chi connectivity index (χ4v) is 2.92. The fourth-order valence-electron chi connectivity index (χ4n) is 1.98. The lowest BCUT2D eigenvalue weighted by Crippen LogP contribution is -2.30. The third kappa shape index (κ3) is 3.19. The van der Waals surface area contributed by atoms with Crippen molar-refractivity contribution >= 4 is 17.2 Å². The van der Waals surface area contributed by atoms with E-state index >= 15 is 0 Å². The molecule has 4 heteroatoms. The van der Waals surface area contributed by atoms with Crippen LogP contribution in [0.15, 0.2) is 17.0 Å². The van der Waals surface area contributed by atoms with Gasteiger partial charge in [-0.3, -0.25) is 4.79 Å². The Labute approximate surface area is 112 Å². The van der Waals surface area contributed by atoms with Crippen LogP contribution in [-0.2, 0) is 4.79 Å². The molecule has 0 spiro atoms. The van der Waals surface area contributed by atoms with E-state index in [-0.39, 0.29) is 11.9 Å². The van der Waals surface area contributed by atoms with E-state index in [9.17, 15) is 4.79 Å². The molecule has 0 aromatic carbocycles. The first-order valence-electron chi connectivity index (χ1n) is 6.51. The molecule has 0 bridgehead atoms. The zero-order valence-electron chi connectivity index (χ0n) is 11.2. The van der Waals surface area contributed by atoms with E-state index in [0.29, 0.717) is 5.92 Å². The molecule has 2 rings (SSSR count). The molecule has 1 atom stereocenters. The molecule has 1 heterocycles. The number of carbonyl (C=O) groups excluding carboxylic acids is 1. The lowest BCUT2D eigenvalue weighted by molar-refractivity contribution is -0.118. The molecule has 1 saturated carbocycles. The highest BCUT2D eigenvalue weighted by Crippen LogP contribution is 2.41. The molecule has 1 fully saturated rings. The summed E-state index contributed by atoms with van der Waals surface area (Å²) in [6.45, 7) is 5.91. The molecular weight excluding hydrogens is 244 g/mol. The minimum atomic E-state index is 0.0432. The van der Waals surface area contributed by atoms with Crippen LogP contribution < -0.4 is 5.32 Å². The standard InChI is InChI=1S/C14H20N2OS/c1-4-5-9(2)13(17)16-12(11-6-7-11)14-15-10(3)8-18-14/h5,8,11-12H,4,6-7H2,1-3H3,(H,16,17)/b9-5-/t12-/m1/s1. The van der Waals surface area contributed by atoms with Gasteiger partial charge in [0.05, 0.1) is 6.04 Å². The Hall–Kier alpha value is -1.16. The monoisotopic (exact) mass is 264 g/mol. The maximum Gasteiger partial charge on any atom is 0.247 e. The first-order chi connectivity index (χ1) is 8.61. The Balaban J connectivity index is 2.08. The number of thiazole rings is 1. The lowest BCUT2D eigenvalue weighted by atomic mass is 10.1. The molecule has 0 saturated heterocycles. The Morgan fingerprint density at radius 3 is 2.89 bits per heavy atom. The van der Waals surface area contributed by atoms with E-state index in [0.717, 1.165) is 22.7 Å². The van der Waals surface area contributed by atoms with Crippen molar-refractivity contribution < 1.29 is 4.79 Å². The van der Waals surface area contributed by atoms with Crippen LogP contribution in [0.4, 0.5) is 0 Å². The normalized spacial score (nSPS) is 17.6. The van der Waals surface area contributed by atoms with Crippen LogP contribution >= 0.6 is 11.3 Å². The minimum Gasteiger partial charge on any atom is -0.343 e. The van der Waals surface area contributed by atoms with Crippen molar-refractivity contribution in [3.63, 3.8) is 0 Å². The van der Waals surface area contributed by atoms with Crippen molar-refractivity contribution in [2.75, 3.05) is 0 Å². The topological polar surface area (TPSA) is 42.0 Å². The smallest absolute Gasteiger partial charge is 0.247 e. The highest BCUT2D eigenvalue weighted by atomic mass is 32.1. The Kier molecular flexibility index (Phi) is 4.17. The lowest BCUT2D eigenvalue weighted by Gasteiger charge is -2.16. The summed E-state index contributed by atoms with van der Waals surface area (Å²) in [5, 5.41) is 6.23. The van der Waals surface area contributed by atoms with Crippen LogP contribution in [0.3, 0.4) is 0 Å². The van der Waals surface area contributed by atoms with Gasteiger partial charge in [-0.1, -0.05) is 13.0 Å². The fraction of sp³-hybridized carbons (Fsp3) is 0.571. The predicted octanol–water partition coefficient (Wildman–Crippen LogP) is 3.38. The average Bonchev–Trinajstić information content (AvgIpc) is 3.08. The van der Waals surface area contributed by atoms with Crippen molar-refractivity contribution in [2.24, 2.45) is 5.92 Å². The van der Waals surface area contributed by atoms with Gasteiger partial charge in [-0.2, -0.15) is 0 Å². The Bertz CT molecular complexity index is 460. The third-order valence-corrected chi connectivity index (χ3v) is 4.20. The van der Waals surface area contributed by atoms with Gasteiger partial charge in [-0.05, 0) is 39.0 Å². The number of aryl methyl sites for hydroxylation is 1. The van der Waals surface area contributed by atoms with Crippen molar-refractivity contribution in [3.8, 4) is 0 Å². The molecule has 0 unspecified atom stereocenters. The third-order valence-electron chi connectivity index (χ3n) is 3.15. The number of nitrogens with one attached hydrogen (secondary N) is 1. The SMILES string of the molecule is CC/C=C(/C)C(=O)N[C@@H](c1nc(C)cs1)C1CC1. The second-order valence-corrected chi connectivity index (χ2v) is 5.80. The van der Waals surface area contributed by atoms with E-state index in [2.05, 4.69) is 10.3 Å². The highest BCUT2D eigenvalue weighted by Gasteiger charge is 2.35. The number of hydrogen-bond acceptors (Lipinski definition) is 3. The average molecular weight is 264 g/mol. The number of nitrogens with zero attached hydrogens (tertiary/aromatic N) is 1. The van der Waals surface area contributed by atoms with Gasteiger partial charge in [-0.25, -0.2) is 4.98 Å². The van der Waals surface area contributed by atoms with Gasteiger partial charge in [0.1, 0.15) is 5.01 Å². The summed E-state index contributed by atoms with van der Waals surface area (Å²) >= 11 is 1.65. The predicted molar refractivity (Wildman–Crippen MR) is 74.5 cm³/mol. The molecule has 0 aliphatic heterocycles. The Morgan fingerprint density at radius 2 is 2.39 bits per heavy atom. The van der Waals surface area contributed by atoms with Gasteiger partial charge in [-0.15, -0.1) is 11.3 Å². The van der Waals surface area contributed by atoms with Gasteiger partial charge in [0.2, 0.25) is 5.91 Å². The summed E-state index contributed by atoms with van der Waals surface area (Å²) in [6, 6.07) is 0.108. The van der Waals surface area contributed by atoms with Crippen LogP contribution in [-0.4, -0.2) is 10.9 Å². The minimum absolute atomic E-state index is 0.0432. The zero-order valence-corrected chi connectivity index (χ0v) is 12.0. The van der Waals surface area contributed by atoms with E-state index in [1.807, 2.05) is 32.2 Å². The highest BCUT2D eigenvalue weighted by molar-refractivity contribution is 7.09. The van der Waals surface area contributed by atoms with E-state index in [1.54, 1.807) is 11.3 Å². The van der Waals surface area contributed by atoms with Crippen LogP contribution in [0.2, 0.25) is 0 Å². The molecule has 18 heavy (non-hydrogen) atoms. The van der Waals surface area contributed by atoms with Gasteiger partial charge in [0, 0.05) is 16.6 Å². The van der Waals surface area contributed by atoms with Crippen molar-refractivity contribution in [2.45, 2.75) is 46.1 Å². The summed E-state index contributed by atoms with van der Waals surface area (Å²) in [7, 11) is 0. The summed E-state index contributed by atoms with van der Waals surface area (Å²) in [5.41, 5.74) is 1.84. The van der Waals surface area contributed by atoms with E-state index in [4.69, 9.17) is 0 Å². The number of aromatic nitrogens is 1. The van der Waals surface area contributed by atoms with Gasteiger partial charge in [0.25, 0.3) is 0 Å². The van der Waals surface area contributed by atoms with Gasteiger partial charge < -0.3 is 5.32 Å². The van der Waals surface area contributed by atoms with Crippen LogP contribution in [0, 0.1) is 12.8 Å². The Morgan fingerprint density at radius 1 is 1.67 bits per heavy atom. The first kappa shape index (κ1) is 13.3. The van der Waals surface area contributed by atoms with Crippen molar-refractivity contribution in [3.05, 3.63) is 27.7 Å². The van der Waals surface area contributed by atoms with Crippen LogP contribution in [0.25, 0.3) is 0 Å². The number of allylic oxidation sites excluding steroid dienone is 1. The molecule has 1 aromatic heterocycles. The van der Waals surface area contributed by atoms with Gasteiger partial charge in [0.15, 0.2) is 0 Å². The zero-order chi connectivity index (χ0) is 13.1. The molecule has 1 amide bonds. The molecule has 1 aliphatic rings. The maximum absolute atomic E-state index is 12.1. The summed E-state index contributed by atoms with van der Waals surface area (Å²) in [6.07, 6.45) is 5.25. The molecule has 1 aliphatic carbocycles. The van der Waals surface area contributed by atoms with Crippen LogP contribution in [0.5, 0.6) is 0 Å².